The molecule has 2 amide bonds. The maximum Gasteiger partial charge on any atom is 0.326 e. The first-order valence-electron chi connectivity index (χ1n) is 6.84. The summed E-state index contributed by atoms with van der Waals surface area (Å²) in [6.07, 6.45) is 4.55. The van der Waals surface area contributed by atoms with Crippen molar-refractivity contribution < 1.29 is 14.7 Å². The molecule has 2 rings (SSSR count). The second kappa shape index (κ2) is 5.16. The lowest BCUT2D eigenvalue weighted by atomic mass is 9.98. The number of hydrogen-bond donors (Lipinski definition) is 1. The van der Waals surface area contributed by atoms with Gasteiger partial charge >= 0.3 is 12.0 Å². The fourth-order valence-corrected chi connectivity index (χ4v) is 3.20. The van der Waals surface area contributed by atoms with Crippen LogP contribution < -0.4 is 0 Å². The van der Waals surface area contributed by atoms with Gasteiger partial charge in [0.2, 0.25) is 0 Å². The van der Waals surface area contributed by atoms with E-state index < -0.39 is 12.0 Å². The normalized spacial score (nSPS) is 32.7. The number of carbonyl (C=O) groups is 2. The van der Waals surface area contributed by atoms with E-state index in [9.17, 15) is 9.59 Å². The van der Waals surface area contributed by atoms with Crippen molar-refractivity contribution >= 4 is 12.0 Å². The first-order chi connectivity index (χ1) is 8.52. The van der Waals surface area contributed by atoms with Crippen molar-refractivity contribution in [3.8, 4) is 0 Å². The molecule has 0 saturated carbocycles. The van der Waals surface area contributed by atoms with Gasteiger partial charge in [0, 0.05) is 18.6 Å². The van der Waals surface area contributed by atoms with Crippen molar-refractivity contribution in [2.45, 2.75) is 64.1 Å². The summed E-state index contributed by atoms with van der Waals surface area (Å²) in [5.74, 6) is -0.877. The summed E-state index contributed by atoms with van der Waals surface area (Å²) >= 11 is 0. The summed E-state index contributed by atoms with van der Waals surface area (Å²) in [6, 6.07) is -0.272. The summed E-state index contributed by atoms with van der Waals surface area (Å²) in [5, 5.41) is 9.15. The summed E-state index contributed by atoms with van der Waals surface area (Å²) in [5.41, 5.74) is 0. The molecule has 102 valence electrons. The van der Waals surface area contributed by atoms with Gasteiger partial charge in [-0.1, -0.05) is 0 Å². The molecule has 2 heterocycles. The number of aliphatic carboxylic acids is 1. The van der Waals surface area contributed by atoms with Gasteiger partial charge < -0.3 is 14.9 Å². The van der Waals surface area contributed by atoms with E-state index in [-0.39, 0.29) is 18.1 Å². The highest BCUT2D eigenvalue weighted by molar-refractivity contribution is 5.83. The Bertz CT molecular complexity index is 335. The molecule has 5 nitrogen and oxygen atoms in total. The quantitative estimate of drug-likeness (QED) is 0.777. The standard InChI is InChI=1S/C13H22N2O3/c1-9-5-3-6-10(2)15(9)13(18)14-8-4-7-11(14)12(16)17/h9-11H,3-8H2,1-2H3,(H,16,17)/t9-,10+,11-/m0/s1. The van der Waals surface area contributed by atoms with Crippen LogP contribution >= 0.6 is 0 Å². The highest BCUT2D eigenvalue weighted by Gasteiger charge is 2.39. The molecule has 2 aliphatic heterocycles. The molecule has 0 aromatic heterocycles. The number of nitrogens with zero attached hydrogens (tertiary/aromatic N) is 2. The van der Waals surface area contributed by atoms with Crippen molar-refractivity contribution in [3.63, 3.8) is 0 Å². The van der Waals surface area contributed by atoms with Crippen LogP contribution in [0.4, 0.5) is 4.79 Å². The fourth-order valence-electron chi connectivity index (χ4n) is 3.20. The predicted octanol–water partition coefficient (Wildman–Crippen LogP) is 1.92. The van der Waals surface area contributed by atoms with Gasteiger partial charge in [0.15, 0.2) is 0 Å². The van der Waals surface area contributed by atoms with Crippen LogP contribution in [0.1, 0.15) is 46.0 Å². The van der Waals surface area contributed by atoms with Crippen molar-refractivity contribution in [2.24, 2.45) is 0 Å². The third kappa shape index (κ3) is 2.31. The molecule has 0 aliphatic carbocycles. The molecule has 1 N–H and O–H groups in total. The Kier molecular flexibility index (Phi) is 3.78. The lowest BCUT2D eigenvalue weighted by Crippen LogP contribution is -2.55. The van der Waals surface area contributed by atoms with E-state index in [0.717, 1.165) is 25.7 Å². The van der Waals surface area contributed by atoms with E-state index in [0.29, 0.717) is 13.0 Å². The van der Waals surface area contributed by atoms with Crippen LogP contribution in [0.5, 0.6) is 0 Å². The van der Waals surface area contributed by atoms with Crippen LogP contribution in [0.25, 0.3) is 0 Å². The lowest BCUT2D eigenvalue weighted by Gasteiger charge is -2.41. The fraction of sp³-hybridized carbons (Fsp3) is 0.846. The highest BCUT2D eigenvalue weighted by Crippen LogP contribution is 2.27. The third-order valence-electron chi connectivity index (χ3n) is 4.20. The molecule has 0 spiro atoms. The Morgan fingerprint density at radius 2 is 1.67 bits per heavy atom. The van der Waals surface area contributed by atoms with Gasteiger partial charge in [-0.15, -0.1) is 0 Å². The second-order valence-electron chi connectivity index (χ2n) is 5.51. The van der Waals surface area contributed by atoms with Gasteiger partial charge in [-0.2, -0.15) is 0 Å². The van der Waals surface area contributed by atoms with Crippen molar-refractivity contribution in [3.05, 3.63) is 0 Å². The Morgan fingerprint density at radius 3 is 2.22 bits per heavy atom. The van der Waals surface area contributed by atoms with Crippen LogP contribution in [0.2, 0.25) is 0 Å². The smallest absolute Gasteiger partial charge is 0.326 e. The predicted molar refractivity (Wildman–Crippen MR) is 67.4 cm³/mol. The molecule has 18 heavy (non-hydrogen) atoms. The van der Waals surface area contributed by atoms with Crippen LogP contribution in [0.3, 0.4) is 0 Å². The summed E-state index contributed by atoms with van der Waals surface area (Å²) in [6.45, 7) is 4.69. The molecule has 3 atom stereocenters. The van der Waals surface area contributed by atoms with Crippen LogP contribution in [-0.2, 0) is 4.79 Å². The molecule has 5 heteroatoms. The Morgan fingerprint density at radius 1 is 1.06 bits per heavy atom. The third-order valence-corrected chi connectivity index (χ3v) is 4.20. The topological polar surface area (TPSA) is 60.9 Å². The number of amides is 2. The monoisotopic (exact) mass is 254 g/mol. The van der Waals surface area contributed by atoms with E-state index in [2.05, 4.69) is 13.8 Å². The highest BCUT2D eigenvalue weighted by atomic mass is 16.4. The first-order valence-corrected chi connectivity index (χ1v) is 6.84. The molecular formula is C13H22N2O3. The largest absolute Gasteiger partial charge is 0.480 e. The molecule has 2 saturated heterocycles. The Labute approximate surface area is 108 Å². The van der Waals surface area contributed by atoms with Crippen molar-refractivity contribution in [1.82, 2.24) is 9.80 Å². The number of piperidine rings is 1. The summed E-state index contributed by atoms with van der Waals surface area (Å²) in [7, 11) is 0. The van der Waals surface area contributed by atoms with Gasteiger partial charge in [-0.3, -0.25) is 0 Å². The SMILES string of the molecule is C[C@@H]1CCC[C@H](C)N1C(=O)N1CCC[C@H]1C(=O)O. The average molecular weight is 254 g/mol. The van der Waals surface area contributed by atoms with E-state index in [1.165, 1.54) is 0 Å². The van der Waals surface area contributed by atoms with Crippen LogP contribution in [-0.4, -0.2) is 51.6 Å². The summed E-state index contributed by atoms with van der Waals surface area (Å²) in [4.78, 5) is 27.1. The lowest BCUT2D eigenvalue weighted by molar-refractivity contribution is -0.141. The zero-order chi connectivity index (χ0) is 13.3. The van der Waals surface area contributed by atoms with E-state index in [1.807, 2.05) is 4.90 Å². The maximum atomic E-state index is 12.5. The Hall–Kier alpha value is -1.26. The number of urea groups is 1. The van der Waals surface area contributed by atoms with Gasteiger partial charge in [0.25, 0.3) is 0 Å². The molecule has 0 aromatic carbocycles. The summed E-state index contributed by atoms with van der Waals surface area (Å²) < 4.78 is 0. The minimum Gasteiger partial charge on any atom is -0.480 e. The van der Waals surface area contributed by atoms with Crippen molar-refractivity contribution in [1.29, 1.82) is 0 Å². The minimum atomic E-state index is -0.877. The number of hydrogen-bond acceptors (Lipinski definition) is 2. The minimum absolute atomic E-state index is 0.0837. The average Bonchev–Trinajstić information content (AvgIpc) is 2.77. The van der Waals surface area contributed by atoms with Gasteiger partial charge in [-0.25, -0.2) is 9.59 Å². The number of rotatable bonds is 1. The van der Waals surface area contributed by atoms with E-state index >= 15 is 0 Å². The zero-order valence-corrected chi connectivity index (χ0v) is 11.1. The van der Waals surface area contributed by atoms with Crippen LogP contribution in [0, 0.1) is 0 Å². The molecule has 2 aliphatic rings. The number of carboxylic acid groups (broad SMARTS) is 1. The van der Waals surface area contributed by atoms with Gasteiger partial charge in [0.1, 0.15) is 6.04 Å². The molecule has 2 fully saturated rings. The molecule has 0 bridgehead atoms. The first kappa shape index (κ1) is 13.2. The van der Waals surface area contributed by atoms with Crippen LogP contribution in [0.15, 0.2) is 0 Å². The number of carbonyl (C=O) groups excluding carboxylic acids is 1. The molecule has 0 aromatic rings. The number of likely N-dealkylation sites (tertiary alicyclic amines) is 2. The van der Waals surface area contributed by atoms with Crippen molar-refractivity contribution in [2.75, 3.05) is 6.54 Å². The molecule has 0 unspecified atom stereocenters. The van der Waals surface area contributed by atoms with E-state index in [1.54, 1.807) is 4.90 Å². The second-order valence-corrected chi connectivity index (χ2v) is 5.51. The maximum absolute atomic E-state index is 12.5. The zero-order valence-electron chi connectivity index (χ0n) is 11.1. The molecular weight excluding hydrogens is 232 g/mol. The van der Waals surface area contributed by atoms with Gasteiger partial charge in [0.05, 0.1) is 0 Å². The van der Waals surface area contributed by atoms with Gasteiger partial charge in [-0.05, 0) is 46.0 Å². The molecule has 0 radical (unpaired) electrons. The number of carboxylic acids is 1. The van der Waals surface area contributed by atoms with E-state index in [4.69, 9.17) is 5.11 Å². The Balaban J connectivity index is 2.12.